The molecule has 1 aliphatic carbocycles. The summed E-state index contributed by atoms with van der Waals surface area (Å²) in [5, 5.41) is 21.1. The first-order valence-corrected chi connectivity index (χ1v) is 7.67. The molecule has 0 spiro atoms. The number of carbonyl (C=O) groups is 2. The highest BCUT2D eigenvalue weighted by atomic mass is 32.1. The first-order valence-electron chi connectivity index (χ1n) is 6.85. The number of carboxylic acids is 1. The van der Waals surface area contributed by atoms with Gasteiger partial charge >= 0.3 is 5.97 Å². The number of nitrogens with zero attached hydrogens (tertiary/aromatic N) is 1. The number of nitrogens with two attached hydrogens (primary N) is 1. The van der Waals surface area contributed by atoms with Gasteiger partial charge in [-0.3, -0.25) is 9.59 Å². The zero-order valence-corrected chi connectivity index (χ0v) is 12.3. The van der Waals surface area contributed by atoms with E-state index in [-0.39, 0.29) is 0 Å². The number of aryl methyl sites for hydroxylation is 1. The van der Waals surface area contributed by atoms with Crippen LogP contribution in [0.25, 0.3) is 0 Å². The second-order valence-corrected chi connectivity index (χ2v) is 6.18. The lowest BCUT2D eigenvalue weighted by Crippen LogP contribution is -2.37. The molecule has 0 aliphatic heterocycles. The third-order valence-electron chi connectivity index (χ3n) is 3.50. The van der Waals surface area contributed by atoms with Crippen molar-refractivity contribution in [2.24, 2.45) is 5.73 Å². The molecule has 6 nitrogen and oxygen atoms in total. The molecule has 1 heterocycles. The van der Waals surface area contributed by atoms with E-state index in [2.05, 4.69) is 11.4 Å². The van der Waals surface area contributed by atoms with Crippen molar-refractivity contribution in [2.45, 2.75) is 44.6 Å². The van der Waals surface area contributed by atoms with Crippen LogP contribution in [0.1, 0.15) is 41.7 Å². The molecule has 1 aromatic heterocycles. The van der Waals surface area contributed by atoms with Gasteiger partial charge in [-0.1, -0.05) is 6.42 Å². The number of anilines is 1. The Kier molecular flexibility index (Phi) is 4.94. The van der Waals surface area contributed by atoms with Crippen LogP contribution in [-0.2, 0) is 22.4 Å². The predicted molar refractivity (Wildman–Crippen MR) is 79.2 cm³/mol. The summed E-state index contributed by atoms with van der Waals surface area (Å²) in [6.07, 6.45) is 4.63. The minimum Gasteiger partial charge on any atom is -0.481 e. The minimum absolute atomic E-state index is 0.432. The number of rotatable bonds is 4. The lowest BCUT2D eigenvalue weighted by Gasteiger charge is -2.09. The minimum atomic E-state index is -1.12. The zero-order chi connectivity index (χ0) is 15.4. The van der Waals surface area contributed by atoms with Crippen molar-refractivity contribution in [3.63, 3.8) is 0 Å². The number of amides is 1. The number of carboxylic acid groups (broad SMARTS) is 1. The van der Waals surface area contributed by atoms with Crippen LogP contribution in [-0.4, -0.2) is 23.0 Å². The average molecular weight is 307 g/mol. The van der Waals surface area contributed by atoms with Gasteiger partial charge in [0.05, 0.1) is 18.0 Å². The van der Waals surface area contributed by atoms with Crippen LogP contribution in [0.3, 0.4) is 0 Å². The van der Waals surface area contributed by atoms with E-state index >= 15 is 0 Å². The largest absolute Gasteiger partial charge is 0.481 e. The van der Waals surface area contributed by atoms with Gasteiger partial charge in [0.25, 0.3) is 0 Å². The number of hydrogen-bond donors (Lipinski definition) is 3. The lowest BCUT2D eigenvalue weighted by atomic mass is 10.1. The standard InChI is InChI=1S/C14H17N3O3S/c15-7-9-8-4-2-1-3-5-11(8)21-14(9)17-13(20)10(16)6-12(18)19/h10H,1-6,16H2,(H,17,20)(H,18,19). The Bertz CT molecular complexity index is 603. The molecule has 1 aliphatic rings. The molecule has 0 saturated carbocycles. The van der Waals surface area contributed by atoms with Crippen LogP contribution in [0, 0.1) is 11.3 Å². The maximum atomic E-state index is 11.9. The van der Waals surface area contributed by atoms with Crippen molar-refractivity contribution in [1.82, 2.24) is 0 Å². The Morgan fingerprint density at radius 1 is 1.38 bits per heavy atom. The number of aliphatic carboxylic acids is 1. The van der Waals surface area contributed by atoms with Gasteiger partial charge in [-0.25, -0.2) is 0 Å². The molecule has 0 bridgehead atoms. The van der Waals surface area contributed by atoms with Gasteiger partial charge < -0.3 is 16.2 Å². The summed E-state index contributed by atoms with van der Waals surface area (Å²) in [7, 11) is 0. The van der Waals surface area contributed by atoms with Gasteiger partial charge in [-0.05, 0) is 31.2 Å². The van der Waals surface area contributed by atoms with Crippen molar-refractivity contribution in [3.05, 3.63) is 16.0 Å². The number of nitriles is 1. The number of fused-ring (bicyclic) bond motifs is 1. The Balaban J connectivity index is 2.19. The van der Waals surface area contributed by atoms with E-state index in [1.807, 2.05) is 0 Å². The van der Waals surface area contributed by atoms with Crippen LogP contribution in [0.15, 0.2) is 0 Å². The molecule has 0 fully saturated rings. The SMILES string of the molecule is N#Cc1c(NC(=O)C(N)CC(=O)O)sc2c1CCCCC2. The van der Waals surface area contributed by atoms with Crippen molar-refractivity contribution in [3.8, 4) is 6.07 Å². The topological polar surface area (TPSA) is 116 Å². The van der Waals surface area contributed by atoms with Crippen LogP contribution in [0.4, 0.5) is 5.00 Å². The second-order valence-electron chi connectivity index (χ2n) is 5.07. The molecule has 0 saturated heterocycles. The summed E-state index contributed by atoms with van der Waals surface area (Å²) < 4.78 is 0. The third-order valence-corrected chi connectivity index (χ3v) is 4.71. The summed E-state index contributed by atoms with van der Waals surface area (Å²) in [6.45, 7) is 0. The molecule has 1 amide bonds. The van der Waals surface area contributed by atoms with Crippen LogP contribution < -0.4 is 11.1 Å². The van der Waals surface area contributed by atoms with Gasteiger partial charge in [0.1, 0.15) is 11.1 Å². The van der Waals surface area contributed by atoms with Crippen molar-refractivity contribution >= 4 is 28.2 Å². The quantitative estimate of drug-likeness (QED) is 0.731. The highest BCUT2D eigenvalue weighted by molar-refractivity contribution is 7.16. The van der Waals surface area contributed by atoms with Gasteiger partial charge in [0.2, 0.25) is 5.91 Å². The molecule has 2 rings (SSSR count). The second kappa shape index (κ2) is 6.70. The van der Waals surface area contributed by atoms with Gasteiger partial charge in [0.15, 0.2) is 0 Å². The van der Waals surface area contributed by atoms with E-state index in [1.165, 1.54) is 11.3 Å². The molecule has 1 atom stereocenters. The van der Waals surface area contributed by atoms with Gasteiger partial charge in [0, 0.05) is 4.88 Å². The van der Waals surface area contributed by atoms with Gasteiger partial charge in [-0.15, -0.1) is 11.3 Å². The van der Waals surface area contributed by atoms with Crippen molar-refractivity contribution < 1.29 is 14.7 Å². The van der Waals surface area contributed by atoms with E-state index in [0.717, 1.165) is 42.5 Å². The molecule has 112 valence electrons. The fraction of sp³-hybridized carbons (Fsp3) is 0.500. The fourth-order valence-electron chi connectivity index (χ4n) is 2.43. The molecule has 21 heavy (non-hydrogen) atoms. The molecule has 4 N–H and O–H groups in total. The highest BCUT2D eigenvalue weighted by Gasteiger charge is 2.23. The first-order chi connectivity index (χ1) is 10.0. The first kappa shape index (κ1) is 15.5. The molecule has 1 unspecified atom stereocenters. The molecule has 7 heteroatoms. The lowest BCUT2D eigenvalue weighted by molar-refractivity contribution is -0.138. The molecule has 0 aromatic carbocycles. The van der Waals surface area contributed by atoms with Crippen LogP contribution in [0.2, 0.25) is 0 Å². The summed E-state index contributed by atoms with van der Waals surface area (Å²) >= 11 is 1.41. The maximum Gasteiger partial charge on any atom is 0.305 e. The molecule has 0 radical (unpaired) electrons. The monoisotopic (exact) mass is 307 g/mol. The summed E-state index contributed by atoms with van der Waals surface area (Å²) in [5.41, 5.74) is 7.07. The third kappa shape index (κ3) is 3.60. The van der Waals surface area contributed by atoms with E-state index in [1.54, 1.807) is 0 Å². The number of thiophene rings is 1. The molecular weight excluding hydrogens is 290 g/mol. The number of hydrogen-bond acceptors (Lipinski definition) is 5. The Hall–Kier alpha value is -1.91. The van der Waals surface area contributed by atoms with Crippen LogP contribution >= 0.6 is 11.3 Å². The molecular formula is C14H17N3O3S. The van der Waals surface area contributed by atoms with E-state index in [4.69, 9.17) is 10.8 Å². The van der Waals surface area contributed by atoms with E-state index < -0.39 is 24.3 Å². The van der Waals surface area contributed by atoms with Crippen molar-refractivity contribution in [1.29, 1.82) is 5.26 Å². The Morgan fingerprint density at radius 2 is 2.10 bits per heavy atom. The van der Waals surface area contributed by atoms with E-state index in [0.29, 0.717) is 10.6 Å². The number of carbonyl (C=O) groups excluding carboxylic acids is 1. The zero-order valence-electron chi connectivity index (χ0n) is 11.5. The highest BCUT2D eigenvalue weighted by Crippen LogP contribution is 2.36. The van der Waals surface area contributed by atoms with E-state index in [9.17, 15) is 14.9 Å². The summed E-state index contributed by atoms with van der Waals surface area (Å²) in [5.74, 6) is -1.69. The Morgan fingerprint density at radius 3 is 2.76 bits per heavy atom. The summed E-state index contributed by atoms with van der Waals surface area (Å²) in [4.78, 5) is 23.6. The Labute approximate surface area is 126 Å². The normalized spacial score (nSPS) is 15.4. The smallest absolute Gasteiger partial charge is 0.305 e. The summed E-state index contributed by atoms with van der Waals surface area (Å²) in [6, 6.07) is 1.04. The molecule has 1 aromatic rings. The fourth-order valence-corrected chi connectivity index (χ4v) is 3.68. The average Bonchev–Trinajstić information content (AvgIpc) is 2.58. The maximum absolute atomic E-state index is 11.9. The van der Waals surface area contributed by atoms with Crippen molar-refractivity contribution in [2.75, 3.05) is 5.32 Å². The van der Waals surface area contributed by atoms with Crippen LogP contribution in [0.5, 0.6) is 0 Å². The van der Waals surface area contributed by atoms with Gasteiger partial charge in [-0.2, -0.15) is 5.26 Å². The predicted octanol–water partition coefficient (Wildman–Crippen LogP) is 1.63. The number of nitrogens with one attached hydrogen (secondary N) is 1.